The van der Waals surface area contributed by atoms with Gasteiger partial charge in [-0.25, -0.2) is 0 Å². The monoisotopic (exact) mass is 128 g/mol. The number of nitrogens with zero attached hydrogens (tertiary/aromatic N) is 1. The van der Waals surface area contributed by atoms with Crippen molar-refractivity contribution >= 4 is 5.71 Å². The number of rotatable bonds is 4. The van der Waals surface area contributed by atoms with E-state index in [2.05, 4.69) is 18.8 Å². The first-order chi connectivity index (χ1) is 4.31. The molecule has 2 heteroatoms. The van der Waals surface area contributed by atoms with Crippen molar-refractivity contribution in [1.29, 1.82) is 0 Å². The number of aliphatic imine (C=N–C) groups is 1. The van der Waals surface area contributed by atoms with E-state index in [4.69, 9.17) is 5.73 Å². The molecule has 0 saturated carbocycles. The fourth-order valence-electron chi connectivity index (χ4n) is 0.473. The van der Waals surface area contributed by atoms with Gasteiger partial charge in [-0.05, 0) is 26.3 Å². The predicted octanol–water partition coefficient (Wildman–Crippen LogP) is 1.21. The molecule has 0 aliphatic carbocycles. The number of hydrogen-bond donors (Lipinski definition) is 1. The van der Waals surface area contributed by atoms with E-state index in [9.17, 15) is 0 Å². The summed E-state index contributed by atoms with van der Waals surface area (Å²) in [7, 11) is 0. The summed E-state index contributed by atoms with van der Waals surface area (Å²) in [6.07, 6.45) is 2.07. The van der Waals surface area contributed by atoms with E-state index < -0.39 is 0 Å². The van der Waals surface area contributed by atoms with Gasteiger partial charge in [-0.3, -0.25) is 4.99 Å². The molecular formula is C7H16N2. The second-order valence-corrected chi connectivity index (χ2v) is 2.11. The minimum atomic E-state index is 0.750. The van der Waals surface area contributed by atoms with Crippen LogP contribution < -0.4 is 5.73 Å². The Kier molecular flexibility index (Phi) is 5.52. The van der Waals surface area contributed by atoms with Crippen molar-refractivity contribution in [3.05, 3.63) is 0 Å². The lowest BCUT2D eigenvalue weighted by Gasteiger charge is -1.93. The van der Waals surface area contributed by atoms with Gasteiger partial charge in [0.25, 0.3) is 0 Å². The molecule has 0 aromatic rings. The lowest BCUT2D eigenvalue weighted by Crippen LogP contribution is -2.01. The zero-order valence-corrected chi connectivity index (χ0v) is 6.35. The quantitative estimate of drug-likeness (QED) is 0.448. The molecule has 0 heterocycles. The first kappa shape index (κ1) is 8.63. The van der Waals surface area contributed by atoms with Crippen LogP contribution >= 0.6 is 0 Å². The van der Waals surface area contributed by atoms with Crippen LogP contribution in [-0.4, -0.2) is 18.8 Å². The van der Waals surface area contributed by atoms with Gasteiger partial charge in [-0.15, -0.1) is 0 Å². The lowest BCUT2D eigenvalue weighted by molar-refractivity contribution is 0.841. The van der Waals surface area contributed by atoms with Crippen molar-refractivity contribution in [2.45, 2.75) is 26.7 Å². The third-order valence-electron chi connectivity index (χ3n) is 1.26. The average Bonchev–Trinajstić information content (AvgIpc) is 1.89. The van der Waals surface area contributed by atoms with Crippen LogP contribution in [-0.2, 0) is 0 Å². The lowest BCUT2D eigenvalue weighted by atomic mass is 10.3. The third kappa shape index (κ3) is 5.50. The van der Waals surface area contributed by atoms with Crippen LogP contribution in [0.4, 0.5) is 0 Å². The molecule has 0 aliphatic rings. The molecule has 2 N–H and O–H groups in total. The molecule has 54 valence electrons. The van der Waals surface area contributed by atoms with Crippen LogP contribution in [0.15, 0.2) is 4.99 Å². The van der Waals surface area contributed by atoms with E-state index >= 15 is 0 Å². The van der Waals surface area contributed by atoms with E-state index in [0.717, 1.165) is 25.9 Å². The standard InChI is InChI=1S/C7H16N2/c1-3-7(2)9-6-4-5-8/h3-6,8H2,1-2H3. The first-order valence-electron chi connectivity index (χ1n) is 3.51. The van der Waals surface area contributed by atoms with Crippen LogP contribution in [0.2, 0.25) is 0 Å². The molecule has 0 bridgehead atoms. The fraction of sp³-hybridized carbons (Fsp3) is 0.857. The Labute approximate surface area is 57.2 Å². The fourth-order valence-corrected chi connectivity index (χ4v) is 0.473. The summed E-state index contributed by atoms with van der Waals surface area (Å²) in [6, 6.07) is 0. The second kappa shape index (κ2) is 5.76. The van der Waals surface area contributed by atoms with E-state index in [1.54, 1.807) is 0 Å². The van der Waals surface area contributed by atoms with Crippen LogP contribution in [0, 0.1) is 0 Å². The predicted molar refractivity (Wildman–Crippen MR) is 41.9 cm³/mol. The van der Waals surface area contributed by atoms with Gasteiger partial charge in [0.1, 0.15) is 0 Å². The molecule has 0 spiro atoms. The number of hydrogen-bond acceptors (Lipinski definition) is 2. The topological polar surface area (TPSA) is 38.4 Å². The number of nitrogens with two attached hydrogens (primary N) is 1. The Morgan fingerprint density at radius 2 is 2.22 bits per heavy atom. The van der Waals surface area contributed by atoms with Crippen molar-refractivity contribution in [2.75, 3.05) is 13.1 Å². The highest BCUT2D eigenvalue weighted by molar-refractivity contribution is 5.81. The Morgan fingerprint density at radius 3 is 2.67 bits per heavy atom. The van der Waals surface area contributed by atoms with Crippen molar-refractivity contribution in [1.82, 2.24) is 0 Å². The molecule has 0 radical (unpaired) electrons. The van der Waals surface area contributed by atoms with Crippen molar-refractivity contribution in [3.8, 4) is 0 Å². The van der Waals surface area contributed by atoms with E-state index in [1.165, 1.54) is 5.71 Å². The highest BCUT2D eigenvalue weighted by Crippen LogP contribution is 1.85. The molecule has 0 aromatic heterocycles. The summed E-state index contributed by atoms with van der Waals surface area (Å²) in [5.41, 5.74) is 6.51. The zero-order chi connectivity index (χ0) is 7.11. The molecule has 0 aromatic carbocycles. The van der Waals surface area contributed by atoms with Gasteiger partial charge in [0.2, 0.25) is 0 Å². The van der Waals surface area contributed by atoms with Crippen molar-refractivity contribution < 1.29 is 0 Å². The van der Waals surface area contributed by atoms with Gasteiger partial charge < -0.3 is 5.73 Å². The normalized spacial score (nSPS) is 12.1. The largest absolute Gasteiger partial charge is 0.330 e. The Bertz CT molecular complexity index is 86.9. The molecular weight excluding hydrogens is 112 g/mol. The van der Waals surface area contributed by atoms with Crippen molar-refractivity contribution in [3.63, 3.8) is 0 Å². The first-order valence-corrected chi connectivity index (χ1v) is 3.51. The van der Waals surface area contributed by atoms with Crippen molar-refractivity contribution in [2.24, 2.45) is 10.7 Å². The second-order valence-electron chi connectivity index (χ2n) is 2.11. The summed E-state index contributed by atoms with van der Waals surface area (Å²) < 4.78 is 0. The van der Waals surface area contributed by atoms with Gasteiger partial charge in [-0.1, -0.05) is 6.92 Å². The third-order valence-corrected chi connectivity index (χ3v) is 1.26. The van der Waals surface area contributed by atoms with E-state index in [1.807, 2.05) is 0 Å². The minimum absolute atomic E-state index is 0.750. The summed E-state index contributed by atoms with van der Waals surface area (Å²) in [5, 5.41) is 0. The summed E-state index contributed by atoms with van der Waals surface area (Å²) in [4.78, 5) is 4.27. The molecule has 0 atom stereocenters. The summed E-state index contributed by atoms with van der Waals surface area (Å²) in [6.45, 7) is 5.81. The molecule has 0 fully saturated rings. The van der Waals surface area contributed by atoms with E-state index in [0.29, 0.717) is 0 Å². The highest BCUT2D eigenvalue weighted by Gasteiger charge is 1.83. The van der Waals surface area contributed by atoms with Crippen LogP contribution in [0.3, 0.4) is 0 Å². The van der Waals surface area contributed by atoms with Crippen LogP contribution in [0.1, 0.15) is 26.7 Å². The minimum Gasteiger partial charge on any atom is -0.330 e. The van der Waals surface area contributed by atoms with Gasteiger partial charge in [-0.2, -0.15) is 0 Å². The zero-order valence-electron chi connectivity index (χ0n) is 6.35. The van der Waals surface area contributed by atoms with Gasteiger partial charge in [0.15, 0.2) is 0 Å². The van der Waals surface area contributed by atoms with Gasteiger partial charge in [0.05, 0.1) is 0 Å². The maximum Gasteiger partial charge on any atom is 0.0400 e. The SMILES string of the molecule is CCC(C)=NCCCN. The highest BCUT2D eigenvalue weighted by atomic mass is 14.7. The molecule has 0 unspecified atom stereocenters. The maximum absolute atomic E-state index is 5.29. The average molecular weight is 128 g/mol. The van der Waals surface area contributed by atoms with E-state index in [-0.39, 0.29) is 0 Å². The molecule has 0 aliphatic heterocycles. The molecule has 0 amide bonds. The molecule has 0 rings (SSSR count). The molecule has 0 saturated heterocycles. The Hall–Kier alpha value is -0.370. The molecule has 2 nitrogen and oxygen atoms in total. The van der Waals surface area contributed by atoms with Crippen LogP contribution in [0.25, 0.3) is 0 Å². The Balaban J connectivity index is 3.21. The summed E-state index contributed by atoms with van der Waals surface area (Å²) in [5.74, 6) is 0. The smallest absolute Gasteiger partial charge is 0.0400 e. The van der Waals surface area contributed by atoms with Gasteiger partial charge in [0, 0.05) is 12.3 Å². The Morgan fingerprint density at radius 1 is 1.56 bits per heavy atom. The molecule has 9 heavy (non-hydrogen) atoms. The summed E-state index contributed by atoms with van der Waals surface area (Å²) >= 11 is 0. The van der Waals surface area contributed by atoms with Crippen LogP contribution in [0.5, 0.6) is 0 Å². The van der Waals surface area contributed by atoms with Gasteiger partial charge >= 0.3 is 0 Å². The maximum atomic E-state index is 5.29.